The third-order valence-electron chi connectivity index (χ3n) is 2.98. The molecule has 0 spiro atoms. The van der Waals surface area contributed by atoms with E-state index in [2.05, 4.69) is 38.6 Å². The third-order valence-corrected chi connectivity index (χ3v) is 3.55. The number of rotatable bonds is 3. The third kappa shape index (κ3) is 2.58. The molecule has 0 radical (unpaired) electrons. The zero-order valence-corrected chi connectivity index (χ0v) is 11.8. The van der Waals surface area contributed by atoms with E-state index >= 15 is 0 Å². The average Bonchev–Trinajstić information content (AvgIpc) is 2.82. The maximum absolute atomic E-state index is 4.25. The number of halogens is 1. The minimum atomic E-state index is 0.795. The predicted octanol–water partition coefficient (Wildman–Crippen LogP) is 3.69. The van der Waals surface area contributed by atoms with Gasteiger partial charge in [-0.1, -0.05) is 65.9 Å². The summed E-state index contributed by atoms with van der Waals surface area (Å²) >= 11 is 3.41. The smallest absolute Gasteiger partial charge is 0.117 e. The van der Waals surface area contributed by atoms with Crippen LogP contribution in [0.15, 0.2) is 60.7 Å². The summed E-state index contributed by atoms with van der Waals surface area (Å²) in [6, 6.07) is 20.4. The van der Waals surface area contributed by atoms with E-state index in [9.17, 15) is 0 Å². The molecule has 0 fully saturated rings. The van der Waals surface area contributed by atoms with Gasteiger partial charge in [0.05, 0.1) is 21.8 Å². The van der Waals surface area contributed by atoms with E-state index in [1.54, 1.807) is 3.71 Å². The van der Waals surface area contributed by atoms with Crippen LogP contribution in [-0.2, 0) is 6.42 Å². The fraction of sp³-hybridized carbons (Fsp3) is 0.0667. The molecule has 0 aliphatic carbocycles. The Hall–Kier alpha value is -1.94. The van der Waals surface area contributed by atoms with Crippen molar-refractivity contribution in [2.24, 2.45) is 0 Å². The monoisotopic (exact) mass is 313 g/mol. The van der Waals surface area contributed by atoms with Crippen LogP contribution in [0.25, 0.3) is 11.3 Å². The minimum Gasteiger partial charge on any atom is -0.181 e. The Morgan fingerprint density at radius 1 is 0.895 bits per heavy atom. The van der Waals surface area contributed by atoms with E-state index in [0.29, 0.717) is 0 Å². The highest BCUT2D eigenvalue weighted by Crippen LogP contribution is 2.24. The first-order chi connectivity index (χ1) is 9.34. The first kappa shape index (κ1) is 12.1. The van der Waals surface area contributed by atoms with Gasteiger partial charge in [-0.05, 0) is 5.56 Å². The summed E-state index contributed by atoms with van der Waals surface area (Å²) < 4.78 is 1.67. The molecule has 0 bridgehead atoms. The van der Waals surface area contributed by atoms with E-state index < -0.39 is 0 Å². The van der Waals surface area contributed by atoms with E-state index in [0.717, 1.165) is 23.4 Å². The Bertz CT molecular complexity index is 662. The number of nitrogens with zero attached hydrogens (tertiary/aromatic N) is 3. The molecule has 1 heterocycles. The lowest BCUT2D eigenvalue weighted by molar-refractivity contribution is 0.876. The van der Waals surface area contributed by atoms with Gasteiger partial charge in [-0.2, -0.15) is 3.71 Å². The van der Waals surface area contributed by atoms with Crippen LogP contribution >= 0.6 is 16.1 Å². The minimum absolute atomic E-state index is 0.795. The fourth-order valence-corrected chi connectivity index (χ4v) is 2.41. The number of benzene rings is 2. The molecule has 0 aliphatic rings. The highest BCUT2D eigenvalue weighted by Gasteiger charge is 2.13. The molecule has 3 aromatic rings. The zero-order valence-electron chi connectivity index (χ0n) is 10.2. The van der Waals surface area contributed by atoms with Crippen molar-refractivity contribution in [1.82, 2.24) is 14.0 Å². The maximum atomic E-state index is 4.25. The molecule has 0 saturated carbocycles. The van der Waals surface area contributed by atoms with Crippen LogP contribution < -0.4 is 0 Å². The van der Waals surface area contributed by atoms with Crippen LogP contribution in [-0.4, -0.2) is 14.0 Å². The quantitative estimate of drug-likeness (QED) is 0.738. The van der Waals surface area contributed by atoms with Gasteiger partial charge in [0.15, 0.2) is 0 Å². The molecule has 3 nitrogen and oxygen atoms in total. The topological polar surface area (TPSA) is 30.7 Å². The van der Waals surface area contributed by atoms with E-state index in [-0.39, 0.29) is 0 Å². The number of hydrogen-bond donors (Lipinski definition) is 0. The fourth-order valence-electron chi connectivity index (χ4n) is 2.04. The van der Waals surface area contributed by atoms with Crippen molar-refractivity contribution < 1.29 is 0 Å². The lowest BCUT2D eigenvalue weighted by Gasteiger charge is -2.03. The van der Waals surface area contributed by atoms with Crippen molar-refractivity contribution >= 4 is 16.1 Å². The molecule has 1 aromatic heterocycles. The summed E-state index contributed by atoms with van der Waals surface area (Å²) in [7, 11) is 0. The summed E-state index contributed by atoms with van der Waals surface area (Å²) in [6.07, 6.45) is 0.795. The second-order valence-corrected chi connectivity index (χ2v) is 4.95. The summed E-state index contributed by atoms with van der Waals surface area (Å²) in [6.45, 7) is 0. The standard InChI is InChI=1S/C15H12BrN3/c16-19-14(11-12-7-3-1-4-8-12)15(17-18-19)13-9-5-2-6-10-13/h1-10H,11H2. The van der Waals surface area contributed by atoms with Gasteiger partial charge in [-0.3, -0.25) is 0 Å². The SMILES string of the molecule is Brn1nnc(-c2ccccc2)c1Cc1ccccc1. The Kier molecular flexibility index (Phi) is 3.42. The van der Waals surface area contributed by atoms with Crippen LogP contribution in [0.3, 0.4) is 0 Å². The Labute approximate surface area is 120 Å². The molecule has 0 amide bonds. The van der Waals surface area contributed by atoms with Crippen LogP contribution in [0.5, 0.6) is 0 Å². The normalized spacial score (nSPS) is 10.6. The Morgan fingerprint density at radius 3 is 2.21 bits per heavy atom. The van der Waals surface area contributed by atoms with Gasteiger partial charge in [-0.25, -0.2) is 0 Å². The average molecular weight is 314 g/mol. The van der Waals surface area contributed by atoms with Gasteiger partial charge in [0.1, 0.15) is 5.69 Å². The second kappa shape index (κ2) is 5.36. The number of aromatic nitrogens is 3. The molecule has 3 rings (SSSR count). The predicted molar refractivity (Wildman–Crippen MR) is 79.0 cm³/mol. The van der Waals surface area contributed by atoms with Crippen molar-refractivity contribution in [2.75, 3.05) is 0 Å². The molecule has 0 unspecified atom stereocenters. The Balaban J connectivity index is 2.00. The van der Waals surface area contributed by atoms with Crippen LogP contribution in [0, 0.1) is 0 Å². The van der Waals surface area contributed by atoms with Crippen molar-refractivity contribution in [3.63, 3.8) is 0 Å². The molecular formula is C15H12BrN3. The molecular weight excluding hydrogens is 302 g/mol. The number of hydrogen-bond acceptors (Lipinski definition) is 2. The van der Waals surface area contributed by atoms with E-state index in [4.69, 9.17) is 0 Å². The van der Waals surface area contributed by atoms with Crippen molar-refractivity contribution in [2.45, 2.75) is 6.42 Å². The molecule has 0 saturated heterocycles. The summed E-state index contributed by atoms with van der Waals surface area (Å²) in [5.41, 5.74) is 4.29. The first-order valence-corrected chi connectivity index (χ1v) is 6.75. The molecule has 0 N–H and O–H groups in total. The lowest BCUT2D eigenvalue weighted by atomic mass is 10.0. The summed E-state index contributed by atoms with van der Waals surface area (Å²) in [5.74, 6) is 0. The second-order valence-electron chi connectivity index (χ2n) is 4.27. The van der Waals surface area contributed by atoms with Gasteiger partial charge < -0.3 is 0 Å². The van der Waals surface area contributed by atoms with E-state index in [1.807, 2.05) is 48.5 Å². The molecule has 19 heavy (non-hydrogen) atoms. The summed E-state index contributed by atoms with van der Waals surface area (Å²) in [5, 5.41) is 8.32. The molecule has 4 heteroatoms. The summed E-state index contributed by atoms with van der Waals surface area (Å²) in [4.78, 5) is 0. The van der Waals surface area contributed by atoms with Crippen molar-refractivity contribution in [1.29, 1.82) is 0 Å². The van der Waals surface area contributed by atoms with Gasteiger partial charge in [0, 0.05) is 12.0 Å². The largest absolute Gasteiger partial charge is 0.181 e. The van der Waals surface area contributed by atoms with E-state index in [1.165, 1.54) is 5.56 Å². The van der Waals surface area contributed by atoms with Crippen molar-refractivity contribution in [3.05, 3.63) is 71.9 Å². The first-order valence-electron chi connectivity index (χ1n) is 6.04. The molecule has 0 aliphatic heterocycles. The van der Waals surface area contributed by atoms with Gasteiger partial charge in [0.2, 0.25) is 0 Å². The lowest BCUT2D eigenvalue weighted by Crippen LogP contribution is -1.96. The molecule has 2 aromatic carbocycles. The van der Waals surface area contributed by atoms with Crippen LogP contribution in [0.2, 0.25) is 0 Å². The highest BCUT2D eigenvalue weighted by molar-refractivity contribution is 9.08. The van der Waals surface area contributed by atoms with Gasteiger partial charge >= 0.3 is 0 Å². The van der Waals surface area contributed by atoms with Gasteiger partial charge in [-0.15, -0.1) is 5.10 Å². The zero-order chi connectivity index (χ0) is 13.1. The molecule has 94 valence electrons. The van der Waals surface area contributed by atoms with Gasteiger partial charge in [0.25, 0.3) is 0 Å². The van der Waals surface area contributed by atoms with Crippen LogP contribution in [0.1, 0.15) is 11.3 Å². The molecule has 0 atom stereocenters. The van der Waals surface area contributed by atoms with Crippen molar-refractivity contribution in [3.8, 4) is 11.3 Å². The highest BCUT2D eigenvalue weighted by atomic mass is 79.9. The van der Waals surface area contributed by atoms with Crippen LogP contribution in [0.4, 0.5) is 0 Å². The maximum Gasteiger partial charge on any atom is 0.117 e. The Morgan fingerprint density at radius 2 is 1.53 bits per heavy atom.